The molecule has 0 saturated heterocycles. The summed E-state index contributed by atoms with van der Waals surface area (Å²) in [6, 6.07) is 5.34. The summed E-state index contributed by atoms with van der Waals surface area (Å²) in [7, 11) is 0. The first-order chi connectivity index (χ1) is 9.93. The van der Waals surface area contributed by atoms with E-state index in [9.17, 15) is 9.59 Å². The van der Waals surface area contributed by atoms with Crippen LogP contribution >= 0.6 is 11.6 Å². The lowest BCUT2D eigenvalue weighted by atomic mass is 10.2. The summed E-state index contributed by atoms with van der Waals surface area (Å²) >= 11 is 5.88. The zero-order chi connectivity index (χ0) is 15.8. The first-order valence-corrected chi connectivity index (χ1v) is 7.63. The Morgan fingerprint density at radius 2 is 2.00 bits per heavy atom. The molecule has 0 unspecified atom stereocenters. The number of nitrogens with one attached hydrogen (secondary N) is 1. The molecule has 0 radical (unpaired) electrons. The first-order valence-electron chi connectivity index (χ1n) is 7.25. The molecule has 1 aromatic carbocycles. The quantitative estimate of drug-likeness (QED) is 0.836. The van der Waals surface area contributed by atoms with E-state index in [2.05, 4.69) is 12.2 Å². The number of nitrogens with zero attached hydrogens (tertiary/aromatic N) is 1. The molecular formula is C16H23ClN2O2. The van der Waals surface area contributed by atoms with Gasteiger partial charge in [-0.25, -0.2) is 0 Å². The third-order valence-electron chi connectivity index (χ3n) is 3.30. The Labute approximate surface area is 131 Å². The number of carbonyl (C=O) groups excluding carboxylic acids is 2. The van der Waals surface area contributed by atoms with Crippen LogP contribution in [0.25, 0.3) is 0 Å². The summed E-state index contributed by atoms with van der Waals surface area (Å²) in [5.74, 6) is -0.0814. The Bertz CT molecular complexity index is 503. The molecule has 0 aliphatic rings. The van der Waals surface area contributed by atoms with Gasteiger partial charge in [-0.3, -0.25) is 9.59 Å². The van der Waals surface area contributed by atoms with E-state index >= 15 is 0 Å². The molecule has 0 heterocycles. The van der Waals surface area contributed by atoms with Crippen molar-refractivity contribution in [1.82, 2.24) is 4.90 Å². The Hall–Kier alpha value is -1.55. The lowest BCUT2D eigenvalue weighted by Crippen LogP contribution is -2.32. The van der Waals surface area contributed by atoms with E-state index in [1.165, 1.54) is 6.92 Å². The Kier molecular flexibility index (Phi) is 7.23. The average molecular weight is 311 g/mol. The molecule has 0 bridgehead atoms. The van der Waals surface area contributed by atoms with Crippen molar-refractivity contribution in [3.8, 4) is 0 Å². The van der Waals surface area contributed by atoms with Gasteiger partial charge in [-0.05, 0) is 37.1 Å². The second kappa shape index (κ2) is 8.67. The molecule has 5 heteroatoms. The predicted molar refractivity (Wildman–Crippen MR) is 86.6 cm³/mol. The minimum Gasteiger partial charge on any atom is -0.342 e. The number of hydrogen-bond donors (Lipinski definition) is 1. The van der Waals surface area contributed by atoms with Gasteiger partial charge < -0.3 is 10.2 Å². The van der Waals surface area contributed by atoms with Gasteiger partial charge in [0.1, 0.15) is 0 Å². The number of amides is 2. The molecule has 0 aliphatic heterocycles. The lowest BCUT2D eigenvalue weighted by molar-refractivity contribution is -0.129. The predicted octanol–water partition coefficient (Wildman–Crippen LogP) is 3.63. The Morgan fingerprint density at radius 3 is 2.57 bits per heavy atom. The van der Waals surface area contributed by atoms with Crippen LogP contribution in [0, 0.1) is 6.92 Å². The van der Waals surface area contributed by atoms with E-state index in [1.54, 1.807) is 23.1 Å². The van der Waals surface area contributed by atoms with Crippen molar-refractivity contribution in [3.63, 3.8) is 0 Å². The van der Waals surface area contributed by atoms with Gasteiger partial charge in [0.25, 0.3) is 0 Å². The topological polar surface area (TPSA) is 49.4 Å². The van der Waals surface area contributed by atoms with Crippen LogP contribution in [0.3, 0.4) is 0 Å². The molecule has 2 amide bonds. The summed E-state index contributed by atoms with van der Waals surface area (Å²) < 4.78 is 0. The van der Waals surface area contributed by atoms with Crippen LogP contribution in [-0.2, 0) is 9.59 Å². The van der Waals surface area contributed by atoms with Gasteiger partial charge in [0.2, 0.25) is 11.8 Å². The fourth-order valence-corrected chi connectivity index (χ4v) is 2.22. The molecule has 21 heavy (non-hydrogen) atoms. The molecule has 0 fully saturated rings. The minimum atomic E-state index is -0.0943. The maximum absolute atomic E-state index is 12.0. The van der Waals surface area contributed by atoms with Crippen LogP contribution in [0.5, 0.6) is 0 Å². The minimum absolute atomic E-state index is 0.0129. The highest BCUT2D eigenvalue weighted by Crippen LogP contribution is 2.19. The van der Waals surface area contributed by atoms with Crippen molar-refractivity contribution in [2.24, 2.45) is 0 Å². The van der Waals surface area contributed by atoms with Crippen molar-refractivity contribution < 1.29 is 9.59 Å². The number of benzene rings is 1. The number of anilines is 1. The van der Waals surface area contributed by atoms with E-state index < -0.39 is 0 Å². The van der Waals surface area contributed by atoms with Crippen LogP contribution in [0.2, 0.25) is 5.02 Å². The number of halogens is 1. The van der Waals surface area contributed by atoms with Crippen LogP contribution < -0.4 is 5.32 Å². The monoisotopic (exact) mass is 310 g/mol. The Morgan fingerprint density at radius 1 is 1.29 bits per heavy atom. The number of unbranched alkanes of at least 4 members (excludes halogenated alkanes) is 1. The number of aryl methyl sites for hydroxylation is 1. The summed E-state index contributed by atoms with van der Waals surface area (Å²) in [6.07, 6.45) is 2.28. The van der Waals surface area contributed by atoms with Gasteiger partial charge in [-0.2, -0.15) is 0 Å². The van der Waals surface area contributed by atoms with Gasteiger partial charge in [-0.15, -0.1) is 0 Å². The summed E-state index contributed by atoms with van der Waals surface area (Å²) in [5.41, 5.74) is 1.68. The Balaban J connectivity index is 2.50. The van der Waals surface area contributed by atoms with Crippen molar-refractivity contribution >= 4 is 29.1 Å². The van der Waals surface area contributed by atoms with Crippen molar-refractivity contribution in [1.29, 1.82) is 0 Å². The largest absolute Gasteiger partial charge is 0.342 e. The van der Waals surface area contributed by atoms with E-state index in [1.807, 2.05) is 6.92 Å². The first kappa shape index (κ1) is 17.5. The molecule has 0 aliphatic carbocycles. The normalized spacial score (nSPS) is 10.3. The molecule has 0 atom stereocenters. The second-order valence-electron chi connectivity index (χ2n) is 5.12. The number of hydrogen-bond acceptors (Lipinski definition) is 2. The van der Waals surface area contributed by atoms with E-state index in [4.69, 9.17) is 11.6 Å². The molecule has 1 rings (SSSR count). The fraction of sp³-hybridized carbons (Fsp3) is 0.500. The third kappa shape index (κ3) is 6.17. The molecule has 4 nitrogen and oxygen atoms in total. The van der Waals surface area contributed by atoms with Gasteiger partial charge >= 0.3 is 0 Å². The highest BCUT2D eigenvalue weighted by molar-refractivity contribution is 6.30. The number of rotatable bonds is 7. The van der Waals surface area contributed by atoms with Gasteiger partial charge in [0.05, 0.1) is 0 Å². The smallest absolute Gasteiger partial charge is 0.226 e. The average Bonchev–Trinajstić information content (AvgIpc) is 2.41. The molecule has 116 valence electrons. The highest BCUT2D eigenvalue weighted by atomic mass is 35.5. The van der Waals surface area contributed by atoms with Crippen molar-refractivity contribution in [3.05, 3.63) is 28.8 Å². The van der Waals surface area contributed by atoms with Gasteiger partial charge in [0.15, 0.2) is 0 Å². The fourth-order valence-electron chi connectivity index (χ4n) is 1.99. The van der Waals surface area contributed by atoms with Gasteiger partial charge in [-0.1, -0.05) is 24.9 Å². The van der Waals surface area contributed by atoms with E-state index in [0.29, 0.717) is 24.5 Å². The van der Waals surface area contributed by atoms with Crippen LogP contribution in [-0.4, -0.2) is 29.8 Å². The summed E-state index contributed by atoms with van der Waals surface area (Å²) in [6.45, 7) is 6.67. The van der Waals surface area contributed by atoms with E-state index in [-0.39, 0.29) is 11.8 Å². The maximum Gasteiger partial charge on any atom is 0.226 e. The third-order valence-corrected chi connectivity index (χ3v) is 3.53. The molecule has 0 aromatic heterocycles. The maximum atomic E-state index is 12.0. The lowest BCUT2D eigenvalue weighted by Gasteiger charge is -2.20. The van der Waals surface area contributed by atoms with Gasteiger partial charge in [0, 0.05) is 37.1 Å². The van der Waals surface area contributed by atoms with Crippen LogP contribution in [0.15, 0.2) is 18.2 Å². The molecule has 0 spiro atoms. The zero-order valence-corrected chi connectivity index (χ0v) is 13.7. The SMILES string of the molecule is CCCCN(CCC(=O)Nc1ccc(Cl)cc1C)C(C)=O. The van der Waals surface area contributed by atoms with Crippen LogP contribution in [0.1, 0.15) is 38.7 Å². The molecule has 0 saturated carbocycles. The summed E-state index contributed by atoms with van der Waals surface area (Å²) in [5, 5.41) is 3.50. The zero-order valence-electron chi connectivity index (χ0n) is 12.9. The molecular weight excluding hydrogens is 288 g/mol. The van der Waals surface area contributed by atoms with E-state index in [0.717, 1.165) is 24.1 Å². The molecule has 1 aromatic rings. The standard InChI is InChI=1S/C16H23ClN2O2/c1-4-5-9-19(13(3)20)10-8-16(21)18-15-7-6-14(17)11-12(15)2/h6-7,11H,4-5,8-10H2,1-3H3,(H,18,21). The summed E-state index contributed by atoms with van der Waals surface area (Å²) in [4.78, 5) is 25.2. The number of carbonyl (C=O) groups is 2. The molecule has 1 N–H and O–H groups in total. The van der Waals surface area contributed by atoms with Crippen LogP contribution in [0.4, 0.5) is 5.69 Å². The second-order valence-corrected chi connectivity index (χ2v) is 5.55. The van der Waals surface area contributed by atoms with Crippen molar-refractivity contribution in [2.45, 2.75) is 40.0 Å². The van der Waals surface area contributed by atoms with Crippen molar-refractivity contribution in [2.75, 3.05) is 18.4 Å². The highest BCUT2D eigenvalue weighted by Gasteiger charge is 2.11.